The van der Waals surface area contributed by atoms with Gasteiger partial charge in [0.25, 0.3) is 0 Å². The van der Waals surface area contributed by atoms with Crippen molar-refractivity contribution in [2.45, 2.75) is 12.7 Å². The molecule has 2 aromatic rings. The van der Waals surface area contributed by atoms with Gasteiger partial charge in [-0.2, -0.15) is 13.2 Å². The summed E-state index contributed by atoms with van der Waals surface area (Å²) < 4.78 is 51.2. The van der Waals surface area contributed by atoms with E-state index >= 15 is 0 Å². The predicted octanol–water partition coefficient (Wildman–Crippen LogP) is 4.40. The van der Waals surface area contributed by atoms with Gasteiger partial charge in [0.1, 0.15) is 11.7 Å². The topological polar surface area (TPSA) is 38.4 Å². The molecule has 0 radical (unpaired) electrons. The number of alkyl halides is 3. The number of halogens is 5. The van der Waals surface area contributed by atoms with Crippen molar-refractivity contribution in [2.24, 2.45) is 10.7 Å². The molecule has 7 heteroatoms. The van der Waals surface area contributed by atoms with Crippen LogP contribution in [0.3, 0.4) is 0 Å². The summed E-state index contributed by atoms with van der Waals surface area (Å²) in [5.74, 6) is -1.45. The first-order chi connectivity index (χ1) is 10.3. The smallest absolute Gasteiger partial charge is 0.383 e. The minimum Gasteiger partial charge on any atom is -0.383 e. The van der Waals surface area contributed by atoms with Crippen LogP contribution in [0.2, 0.25) is 5.02 Å². The summed E-state index contributed by atoms with van der Waals surface area (Å²) in [4.78, 5) is 4.00. The molecule has 0 saturated heterocycles. The van der Waals surface area contributed by atoms with Gasteiger partial charge in [0.05, 0.1) is 12.1 Å². The molecule has 116 valence electrons. The number of amidine groups is 1. The van der Waals surface area contributed by atoms with Crippen LogP contribution in [0.25, 0.3) is 0 Å². The summed E-state index contributed by atoms with van der Waals surface area (Å²) >= 11 is 5.82. The molecule has 2 N–H and O–H groups in total. The molecule has 0 aliphatic carbocycles. The van der Waals surface area contributed by atoms with E-state index in [0.29, 0.717) is 11.1 Å². The van der Waals surface area contributed by atoms with E-state index in [4.69, 9.17) is 17.3 Å². The second kappa shape index (κ2) is 6.36. The molecule has 0 saturated carbocycles. The first-order valence-electron chi connectivity index (χ1n) is 6.19. The van der Waals surface area contributed by atoms with Gasteiger partial charge in [-0.15, -0.1) is 0 Å². The molecular formula is C15H11ClF4N2. The van der Waals surface area contributed by atoms with Gasteiger partial charge < -0.3 is 5.73 Å². The summed E-state index contributed by atoms with van der Waals surface area (Å²) in [7, 11) is 0. The van der Waals surface area contributed by atoms with Gasteiger partial charge in [0.15, 0.2) is 0 Å². The quantitative estimate of drug-likeness (QED) is 0.505. The lowest BCUT2D eigenvalue weighted by atomic mass is 10.1. The Kier molecular flexibility index (Phi) is 4.71. The van der Waals surface area contributed by atoms with E-state index in [9.17, 15) is 17.6 Å². The van der Waals surface area contributed by atoms with Crippen LogP contribution in [0.5, 0.6) is 0 Å². The summed E-state index contributed by atoms with van der Waals surface area (Å²) in [5, 5.41) is 0.521. The first-order valence-corrected chi connectivity index (χ1v) is 6.56. The molecule has 2 rings (SSSR count). The van der Waals surface area contributed by atoms with Crippen molar-refractivity contribution >= 4 is 17.4 Å². The van der Waals surface area contributed by atoms with Crippen molar-refractivity contribution in [3.8, 4) is 0 Å². The second-order valence-corrected chi connectivity index (χ2v) is 4.96. The van der Waals surface area contributed by atoms with E-state index in [1.807, 2.05) is 0 Å². The van der Waals surface area contributed by atoms with E-state index < -0.39 is 17.6 Å². The number of nitrogens with zero attached hydrogens (tertiary/aromatic N) is 1. The highest BCUT2D eigenvalue weighted by molar-refractivity contribution is 6.30. The lowest BCUT2D eigenvalue weighted by Gasteiger charge is -2.10. The van der Waals surface area contributed by atoms with Gasteiger partial charge in [-0.1, -0.05) is 23.7 Å². The van der Waals surface area contributed by atoms with Gasteiger partial charge in [-0.25, -0.2) is 4.39 Å². The van der Waals surface area contributed by atoms with Crippen molar-refractivity contribution in [1.82, 2.24) is 0 Å². The Bertz CT molecular complexity index is 711. The van der Waals surface area contributed by atoms with Crippen LogP contribution < -0.4 is 5.73 Å². The SMILES string of the molecule is NC(=NCc1cccc(Cl)c1)c1ccc(F)c(C(F)(F)F)c1. The van der Waals surface area contributed by atoms with Gasteiger partial charge in [-0.3, -0.25) is 4.99 Å². The van der Waals surface area contributed by atoms with Gasteiger partial charge in [0, 0.05) is 10.6 Å². The summed E-state index contributed by atoms with van der Waals surface area (Å²) in [6, 6.07) is 9.36. The largest absolute Gasteiger partial charge is 0.419 e. The number of aliphatic imine (C=N–C) groups is 1. The van der Waals surface area contributed by atoms with Crippen molar-refractivity contribution < 1.29 is 17.6 Å². The molecule has 0 atom stereocenters. The van der Waals surface area contributed by atoms with Crippen LogP contribution in [0.4, 0.5) is 17.6 Å². The Labute approximate surface area is 129 Å². The zero-order chi connectivity index (χ0) is 16.3. The molecule has 0 bridgehead atoms. The third-order valence-electron chi connectivity index (χ3n) is 2.89. The molecule has 0 aliphatic rings. The third kappa shape index (κ3) is 3.98. The average molecular weight is 331 g/mol. The molecule has 0 aliphatic heterocycles. The lowest BCUT2D eigenvalue weighted by molar-refractivity contribution is -0.140. The molecular weight excluding hydrogens is 320 g/mol. The lowest BCUT2D eigenvalue weighted by Crippen LogP contribution is -2.16. The molecule has 2 aromatic carbocycles. The number of hydrogen-bond donors (Lipinski definition) is 1. The van der Waals surface area contributed by atoms with Crippen molar-refractivity contribution in [3.05, 3.63) is 70.0 Å². The van der Waals surface area contributed by atoms with Crippen molar-refractivity contribution in [2.75, 3.05) is 0 Å². The highest BCUT2D eigenvalue weighted by Crippen LogP contribution is 2.31. The van der Waals surface area contributed by atoms with Crippen molar-refractivity contribution in [3.63, 3.8) is 0 Å². The molecule has 0 amide bonds. The van der Waals surface area contributed by atoms with Crippen LogP contribution in [0, 0.1) is 5.82 Å². The van der Waals surface area contributed by atoms with Crippen molar-refractivity contribution in [1.29, 1.82) is 0 Å². The Morgan fingerprint density at radius 2 is 1.86 bits per heavy atom. The number of nitrogens with two attached hydrogens (primary N) is 1. The molecule has 0 heterocycles. The van der Waals surface area contributed by atoms with Crippen LogP contribution in [-0.2, 0) is 12.7 Å². The second-order valence-electron chi connectivity index (χ2n) is 4.52. The fraction of sp³-hybridized carbons (Fsp3) is 0.133. The highest BCUT2D eigenvalue weighted by Gasteiger charge is 2.34. The zero-order valence-electron chi connectivity index (χ0n) is 11.2. The average Bonchev–Trinajstić information content (AvgIpc) is 2.44. The molecule has 0 fully saturated rings. The fourth-order valence-electron chi connectivity index (χ4n) is 1.80. The van der Waals surface area contributed by atoms with Gasteiger partial charge >= 0.3 is 6.18 Å². The van der Waals surface area contributed by atoms with Crippen LogP contribution in [0.15, 0.2) is 47.5 Å². The Hall–Kier alpha value is -2.08. The minimum atomic E-state index is -4.78. The summed E-state index contributed by atoms with van der Waals surface area (Å²) in [6.45, 7) is 0.158. The highest BCUT2D eigenvalue weighted by atomic mass is 35.5. The van der Waals surface area contributed by atoms with E-state index in [2.05, 4.69) is 4.99 Å². The Morgan fingerprint density at radius 3 is 2.50 bits per heavy atom. The number of hydrogen-bond acceptors (Lipinski definition) is 1. The molecule has 0 spiro atoms. The summed E-state index contributed by atoms with van der Waals surface area (Å²) in [5.41, 5.74) is 5.07. The maximum absolute atomic E-state index is 13.2. The maximum atomic E-state index is 13.2. The van der Waals surface area contributed by atoms with E-state index in [1.165, 1.54) is 0 Å². The molecule has 0 aromatic heterocycles. The third-order valence-corrected chi connectivity index (χ3v) is 3.12. The van der Waals surface area contributed by atoms with E-state index in [0.717, 1.165) is 17.7 Å². The Balaban J connectivity index is 2.26. The monoisotopic (exact) mass is 330 g/mol. The van der Waals surface area contributed by atoms with Crippen LogP contribution in [-0.4, -0.2) is 5.84 Å². The zero-order valence-corrected chi connectivity index (χ0v) is 11.9. The first kappa shape index (κ1) is 16.3. The minimum absolute atomic E-state index is 0.00996. The molecule has 0 unspecified atom stereocenters. The molecule has 2 nitrogen and oxygen atoms in total. The van der Waals surface area contributed by atoms with E-state index in [1.54, 1.807) is 24.3 Å². The van der Waals surface area contributed by atoms with Crippen LogP contribution >= 0.6 is 11.6 Å². The normalized spacial score (nSPS) is 12.5. The van der Waals surface area contributed by atoms with Crippen LogP contribution in [0.1, 0.15) is 16.7 Å². The van der Waals surface area contributed by atoms with E-state index in [-0.39, 0.29) is 17.9 Å². The molecule has 22 heavy (non-hydrogen) atoms. The maximum Gasteiger partial charge on any atom is 0.419 e. The predicted molar refractivity (Wildman–Crippen MR) is 77.3 cm³/mol. The van der Waals surface area contributed by atoms with Gasteiger partial charge in [-0.05, 0) is 35.9 Å². The van der Waals surface area contributed by atoms with Gasteiger partial charge in [0.2, 0.25) is 0 Å². The number of benzene rings is 2. The summed E-state index contributed by atoms with van der Waals surface area (Å²) in [6.07, 6.45) is -4.78. The standard InChI is InChI=1S/C15H11ClF4N2/c16-11-3-1-2-9(6-11)8-22-14(21)10-4-5-13(17)12(7-10)15(18,19)20/h1-7H,8H2,(H2,21,22). The fourth-order valence-corrected chi connectivity index (χ4v) is 2.02. The Morgan fingerprint density at radius 1 is 1.14 bits per heavy atom. The number of rotatable bonds is 3.